The van der Waals surface area contributed by atoms with Crippen molar-refractivity contribution in [2.24, 2.45) is 14.1 Å². The second-order valence-electron chi connectivity index (χ2n) is 5.62. The molecule has 128 valence electrons. The highest BCUT2D eigenvalue weighted by Crippen LogP contribution is 2.20. The first-order valence-corrected chi connectivity index (χ1v) is 8.95. The van der Waals surface area contributed by atoms with Gasteiger partial charge in [0.1, 0.15) is 5.82 Å². The lowest BCUT2D eigenvalue weighted by Crippen LogP contribution is -2.19. The van der Waals surface area contributed by atoms with Gasteiger partial charge in [-0.15, -0.1) is 0 Å². The van der Waals surface area contributed by atoms with Gasteiger partial charge in [0.2, 0.25) is 0 Å². The predicted molar refractivity (Wildman–Crippen MR) is 91.6 cm³/mol. The molecule has 1 N–H and O–H groups in total. The Labute approximate surface area is 139 Å². The number of hydrogen-bond acceptors (Lipinski definition) is 4. The monoisotopic (exact) mass is 349 g/mol. The Kier molecular flexibility index (Phi) is 3.75. The lowest BCUT2D eigenvalue weighted by Gasteiger charge is -2.06. The fourth-order valence-corrected chi connectivity index (χ4v) is 3.77. The maximum atomic E-state index is 12.5. The number of aromatic nitrogens is 4. The maximum absolute atomic E-state index is 12.5. The van der Waals surface area contributed by atoms with E-state index in [2.05, 4.69) is 9.71 Å². The smallest absolute Gasteiger partial charge is 0.328 e. The van der Waals surface area contributed by atoms with Gasteiger partial charge in [-0.05, 0) is 32.0 Å². The van der Waals surface area contributed by atoms with Gasteiger partial charge in [0.25, 0.3) is 10.0 Å². The van der Waals surface area contributed by atoms with Crippen LogP contribution in [0.25, 0.3) is 11.0 Å². The van der Waals surface area contributed by atoms with E-state index in [4.69, 9.17) is 0 Å². The summed E-state index contributed by atoms with van der Waals surface area (Å²) in [4.78, 5) is 16.1. The van der Waals surface area contributed by atoms with Gasteiger partial charge in [0.05, 0.1) is 16.7 Å². The van der Waals surface area contributed by atoms with Crippen LogP contribution in [0.15, 0.2) is 34.2 Å². The minimum atomic E-state index is -3.79. The van der Waals surface area contributed by atoms with E-state index >= 15 is 0 Å². The van der Waals surface area contributed by atoms with Crippen LogP contribution in [0.5, 0.6) is 0 Å². The van der Waals surface area contributed by atoms with E-state index in [-0.39, 0.29) is 10.7 Å². The van der Waals surface area contributed by atoms with Crippen LogP contribution in [0.3, 0.4) is 0 Å². The first-order valence-electron chi connectivity index (χ1n) is 7.46. The van der Waals surface area contributed by atoms with Gasteiger partial charge in [0, 0.05) is 26.8 Å². The second kappa shape index (κ2) is 5.52. The third kappa shape index (κ3) is 2.50. The van der Waals surface area contributed by atoms with Gasteiger partial charge in [-0.3, -0.25) is 13.9 Å². The number of nitrogens with zero attached hydrogens (tertiary/aromatic N) is 4. The second-order valence-corrected chi connectivity index (χ2v) is 7.25. The van der Waals surface area contributed by atoms with Crippen molar-refractivity contribution in [3.8, 4) is 0 Å². The molecule has 0 fully saturated rings. The Morgan fingerprint density at radius 2 is 1.83 bits per heavy atom. The van der Waals surface area contributed by atoms with Crippen LogP contribution in [-0.4, -0.2) is 27.1 Å². The molecule has 0 amide bonds. The molecule has 0 aliphatic heterocycles. The summed E-state index contributed by atoms with van der Waals surface area (Å²) >= 11 is 0. The summed E-state index contributed by atoms with van der Waals surface area (Å²) in [7, 11) is -0.463. The van der Waals surface area contributed by atoms with Crippen LogP contribution in [0.1, 0.15) is 12.7 Å². The topological polar surface area (TPSA) is 90.9 Å². The average molecular weight is 349 g/mol. The van der Waals surface area contributed by atoms with E-state index in [0.29, 0.717) is 23.6 Å². The van der Waals surface area contributed by atoms with Gasteiger partial charge < -0.3 is 4.57 Å². The SMILES string of the molecule is CCn1cc(S(=O)(=O)Nc2ccc3c(c2)n(C)c(=O)n3C)nc1C. The Hall–Kier alpha value is -2.55. The predicted octanol–water partition coefficient (Wildman–Crippen LogP) is 1.20. The highest BCUT2D eigenvalue weighted by molar-refractivity contribution is 7.92. The number of anilines is 1. The zero-order valence-electron chi connectivity index (χ0n) is 13.9. The van der Waals surface area contributed by atoms with Crippen LogP contribution in [0.4, 0.5) is 5.69 Å². The lowest BCUT2D eigenvalue weighted by atomic mass is 10.3. The van der Waals surface area contributed by atoms with Crippen molar-refractivity contribution in [2.45, 2.75) is 25.4 Å². The Bertz CT molecular complexity index is 1090. The van der Waals surface area contributed by atoms with Crippen LogP contribution >= 0.6 is 0 Å². The zero-order chi connectivity index (χ0) is 17.6. The molecule has 2 aromatic heterocycles. The third-order valence-corrected chi connectivity index (χ3v) is 5.35. The number of benzene rings is 1. The van der Waals surface area contributed by atoms with Gasteiger partial charge in [-0.2, -0.15) is 8.42 Å². The number of nitrogens with one attached hydrogen (secondary N) is 1. The molecule has 1 aromatic carbocycles. The largest absolute Gasteiger partial charge is 0.334 e. The number of fused-ring (bicyclic) bond motifs is 1. The van der Waals surface area contributed by atoms with Gasteiger partial charge in [-0.1, -0.05) is 0 Å². The molecule has 24 heavy (non-hydrogen) atoms. The third-order valence-electron chi connectivity index (χ3n) is 4.09. The summed E-state index contributed by atoms with van der Waals surface area (Å²) in [6.45, 7) is 4.32. The molecule has 0 unspecified atom stereocenters. The van der Waals surface area contributed by atoms with E-state index < -0.39 is 10.0 Å². The van der Waals surface area contributed by atoms with Crippen LogP contribution < -0.4 is 10.4 Å². The van der Waals surface area contributed by atoms with Crippen molar-refractivity contribution in [1.82, 2.24) is 18.7 Å². The molecule has 8 nitrogen and oxygen atoms in total. The number of sulfonamides is 1. The molecule has 0 saturated carbocycles. The molecular weight excluding hydrogens is 330 g/mol. The molecule has 9 heteroatoms. The minimum Gasteiger partial charge on any atom is -0.334 e. The molecule has 0 radical (unpaired) electrons. The molecule has 0 atom stereocenters. The quantitative estimate of drug-likeness (QED) is 0.766. The number of hydrogen-bond donors (Lipinski definition) is 1. The highest BCUT2D eigenvalue weighted by atomic mass is 32.2. The molecule has 0 aliphatic carbocycles. The average Bonchev–Trinajstić information content (AvgIpc) is 3.02. The normalized spacial score (nSPS) is 12.0. The van der Waals surface area contributed by atoms with Crippen LogP contribution in [-0.2, 0) is 30.7 Å². The van der Waals surface area contributed by atoms with E-state index in [1.165, 1.54) is 15.3 Å². The summed E-state index contributed by atoms with van der Waals surface area (Å²) in [6, 6.07) is 4.98. The van der Waals surface area contributed by atoms with Crippen molar-refractivity contribution < 1.29 is 8.42 Å². The number of imidazole rings is 2. The van der Waals surface area contributed by atoms with E-state index in [0.717, 1.165) is 5.52 Å². The van der Waals surface area contributed by atoms with E-state index in [9.17, 15) is 13.2 Å². The fraction of sp³-hybridized carbons (Fsp3) is 0.333. The van der Waals surface area contributed by atoms with Crippen LogP contribution in [0, 0.1) is 6.92 Å². The van der Waals surface area contributed by atoms with Gasteiger partial charge in [-0.25, -0.2) is 9.78 Å². The van der Waals surface area contributed by atoms with Crippen LogP contribution in [0.2, 0.25) is 0 Å². The summed E-state index contributed by atoms with van der Waals surface area (Å²) < 4.78 is 32.3. The summed E-state index contributed by atoms with van der Waals surface area (Å²) in [5.41, 5.74) is 1.60. The summed E-state index contributed by atoms with van der Waals surface area (Å²) in [6.07, 6.45) is 1.51. The fourth-order valence-electron chi connectivity index (χ4n) is 2.71. The van der Waals surface area contributed by atoms with Crippen molar-refractivity contribution in [3.63, 3.8) is 0 Å². The molecule has 0 saturated heterocycles. The molecule has 3 aromatic rings. The van der Waals surface area contributed by atoms with Crippen molar-refractivity contribution in [2.75, 3.05) is 4.72 Å². The molecule has 0 bridgehead atoms. The Balaban J connectivity index is 2.02. The molecule has 0 spiro atoms. The molecule has 3 rings (SSSR count). The minimum absolute atomic E-state index is 0.0242. The highest BCUT2D eigenvalue weighted by Gasteiger charge is 2.19. The Morgan fingerprint density at radius 3 is 2.46 bits per heavy atom. The van der Waals surface area contributed by atoms with E-state index in [1.54, 1.807) is 43.8 Å². The first-order chi connectivity index (χ1) is 11.2. The summed E-state index contributed by atoms with van der Waals surface area (Å²) in [5, 5.41) is -0.0242. The Morgan fingerprint density at radius 1 is 1.17 bits per heavy atom. The van der Waals surface area contributed by atoms with Crippen molar-refractivity contribution in [3.05, 3.63) is 40.7 Å². The maximum Gasteiger partial charge on any atom is 0.328 e. The van der Waals surface area contributed by atoms with Gasteiger partial charge in [0.15, 0.2) is 5.03 Å². The molecule has 0 aliphatic rings. The molecular formula is C15H19N5O3S. The lowest BCUT2D eigenvalue weighted by molar-refractivity contribution is 0.598. The number of rotatable bonds is 4. The van der Waals surface area contributed by atoms with E-state index in [1.807, 2.05) is 6.92 Å². The first kappa shape index (κ1) is 16.3. The molecule has 2 heterocycles. The van der Waals surface area contributed by atoms with Crippen molar-refractivity contribution in [1.29, 1.82) is 0 Å². The standard InChI is InChI=1S/C15H19N5O3S/c1-5-20-9-14(16-10(20)2)24(22,23)17-11-6-7-12-13(8-11)19(4)15(21)18(12)3/h6-9,17H,5H2,1-4H3. The van der Waals surface area contributed by atoms with Gasteiger partial charge >= 0.3 is 5.69 Å². The summed E-state index contributed by atoms with van der Waals surface area (Å²) in [5.74, 6) is 0.638. The zero-order valence-corrected chi connectivity index (χ0v) is 14.8. The van der Waals surface area contributed by atoms with Crippen molar-refractivity contribution >= 4 is 26.7 Å². The number of aryl methyl sites for hydroxylation is 4.